The van der Waals surface area contributed by atoms with Gasteiger partial charge < -0.3 is 20.5 Å². The lowest BCUT2D eigenvalue weighted by atomic mass is 9.98. The van der Waals surface area contributed by atoms with Crippen molar-refractivity contribution in [3.63, 3.8) is 0 Å². The fourth-order valence-electron chi connectivity index (χ4n) is 4.25. The number of nitrogens with one attached hydrogen (secondary N) is 2. The van der Waals surface area contributed by atoms with Gasteiger partial charge in [0.25, 0.3) is 0 Å². The normalized spacial score (nSPS) is 13.5. The van der Waals surface area contributed by atoms with Crippen molar-refractivity contribution >= 4 is 18.0 Å². The fourth-order valence-corrected chi connectivity index (χ4v) is 4.25. The van der Waals surface area contributed by atoms with Crippen molar-refractivity contribution < 1.29 is 24.2 Å². The van der Waals surface area contributed by atoms with Gasteiger partial charge in [0, 0.05) is 30.8 Å². The Morgan fingerprint density at radius 3 is 2.18 bits per heavy atom. The summed E-state index contributed by atoms with van der Waals surface area (Å²) in [6.45, 7) is 6.30. The van der Waals surface area contributed by atoms with Crippen molar-refractivity contribution in [1.82, 2.24) is 10.6 Å². The first kappa shape index (κ1) is 25.3. The number of benzene rings is 2. The quantitative estimate of drug-likeness (QED) is 0.445. The van der Waals surface area contributed by atoms with Gasteiger partial charge in [-0.3, -0.25) is 9.59 Å². The van der Waals surface area contributed by atoms with Crippen molar-refractivity contribution in [2.45, 2.75) is 57.9 Å². The molecule has 7 nitrogen and oxygen atoms in total. The molecule has 0 aromatic heterocycles. The molecular formula is C27H34N2O5. The van der Waals surface area contributed by atoms with Crippen LogP contribution in [0.2, 0.25) is 0 Å². The number of carbonyl (C=O) groups is 3. The highest BCUT2D eigenvalue weighted by atomic mass is 16.5. The van der Waals surface area contributed by atoms with E-state index in [1.807, 2.05) is 45.0 Å². The van der Waals surface area contributed by atoms with E-state index in [0.29, 0.717) is 19.4 Å². The van der Waals surface area contributed by atoms with Gasteiger partial charge in [-0.1, -0.05) is 55.5 Å². The summed E-state index contributed by atoms with van der Waals surface area (Å²) in [6, 6.07) is 16.4. The number of ether oxygens (including phenoxy) is 1. The summed E-state index contributed by atoms with van der Waals surface area (Å²) in [6.07, 6.45) is 0.808. The zero-order chi connectivity index (χ0) is 24.7. The molecule has 7 heteroatoms. The van der Waals surface area contributed by atoms with Crippen LogP contribution in [-0.2, 0) is 14.3 Å². The minimum atomic E-state index is -0.834. The molecule has 0 spiro atoms. The maximum absolute atomic E-state index is 12.5. The summed E-state index contributed by atoms with van der Waals surface area (Å²) in [7, 11) is 0. The summed E-state index contributed by atoms with van der Waals surface area (Å²) in [5.74, 6) is -0.869. The second-order valence-electron chi connectivity index (χ2n) is 9.68. The highest BCUT2D eigenvalue weighted by Crippen LogP contribution is 2.44. The largest absolute Gasteiger partial charge is 0.481 e. The number of aliphatic carboxylic acids is 1. The molecule has 34 heavy (non-hydrogen) atoms. The third-order valence-corrected chi connectivity index (χ3v) is 6.26. The zero-order valence-electron chi connectivity index (χ0n) is 20.1. The van der Waals surface area contributed by atoms with Crippen molar-refractivity contribution in [3.8, 4) is 11.1 Å². The van der Waals surface area contributed by atoms with Crippen LogP contribution in [0.4, 0.5) is 4.79 Å². The molecule has 182 valence electrons. The maximum Gasteiger partial charge on any atom is 0.407 e. The molecule has 0 fully saturated rings. The zero-order valence-corrected chi connectivity index (χ0v) is 20.1. The van der Waals surface area contributed by atoms with Gasteiger partial charge in [0.2, 0.25) is 5.91 Å². The van der Waals surface area contributed by atoms with Crippen LogP contribution >= 0.6 is 0 Å². The van der Waals surface area contributed by atoms with Crippen LogP contribution < -0.4 is 10.6 Å². The van der Waals surface area contributed by atoms with Gasteiger partial charge in [-0.15, -0.1) is 0 Å². The van der Waals surface area contributed by atoms with E-state index in [4.69, 9.17) is 9.84 Å². The number of amides is 2. The smallest absolute Gasteiger partial charge is 0.407 e. The summed E-state index contributed by atoms with van der Waals surface area (Å²) in [5, 5.41) is 14.5. The second kappa shape index (κ2) is 11.2. The molecule has 0 radical (unpaired) electrons. The fraction of sp³-hybridized carbons (Fsp3) is 0.444. The van der Waals surface area contributed by atoms with Crippen molar-refractivity contribution in [1.29, 1.82) is 0 Å². The van der Waals surface area contributed by atoms with E-state index in [1.54, 1.807) is 0 Å². The number of hydrogen-bond donors (Lipinski definition) is 3. The first-order valence-electron chi connectivity index (χ1n) is 11.8. The Balaban J connectivity index is 1.45. The lowest BCUT2D eigenvalue weighted by Gasteiger charge is -2.26. The summed E-state index contributed by atoms with van der Waals surface area (Å²) < 4.78 is 5.61. The van der Waals surface area contributed by atoms with E-state index < -0.39 is 17.6 Å². The Morgan fingerprint density at radius 2 is 1.59 bits per heavy atom. The van der Waals surface area contributed by atoms with E-state index in [-0.39, 0.29) is 37.2 Å². The maximum atomic E-state index is 12.5. The van der Waals surface area contributed by atoms with Crippen LogP contribution in [0.1, 0.15) is 63.5 Å². The van der Waals surface area contributed by atoms with Crippen molar-refractivity contribution in [2.75, 3.05) is 13.2 Å². The molecule has 3 N–H and O–H groups in total. The topological polar surface area (TPSA) is 105 Å². The molecule has 2 amide bonds. The van der Waals surface area contributed by atoms with Crippen molar-refractivity contribution in [3.05, 3.63) is 59.7 Å². The molecular weight excluding hydrogens is 432 g/mol. The van der Waals surface area contributed by atoms with Crippen LogP contribution in [0, 0.1) is 5.92 Å². The van der Waals surface area contributed by atoms with E-state index in [0.717, 1.165) is 11.1 Å². The molecule has 2 aromatic carbocycles. The van der Waals surface area contributed by atoms with Gasteiger partial charge in [-0.05, 0) is 54.9 Å². The minimum absolute atomic E-state index is 0.00448. The van der Waals surface area contributed by atoms with Gasteiger partial charge in [-0.2, -0.15) is 0 Å². The number of carbonyl (C=O) groups excluding carboxylic acids is 2. The van der Waals surface area contributed by atoms with Crippen molar-refractivity contribution in [2.24, 2.45) is 5.92 Å². The van der Waals surface area contributed by atoms with Gasteiger partial charge in [0.15, 0.2) is 0 Å². The molecule has 1 unspecified atom stereocenters. The van der Waals surface area contributed by atoms with Crippen LogP contribution in [0.25, 0.3) is 11.1 Å². The first-order valence-corrected chi connectivity index (χ1v) is 11.8. The minimum Gasteiger partial charge on any atom is -0.481 e. The number of rotatable bonds is 11. The molecule has 3 rings (SSSR count). The molecule has 1 aliphatic carbocycles. The molecule has 2 aromatic rings. The lowest BCUT2D eigenvalue weighted by molar-refractivity contribution is -0.137. The second-order valence-corrected chi connectivity index (χ2v) is 9.68. The SMILES string of the molecule is CC(CCC(=O)O)CNC(=O)CCC(C)(C)NC(=O)OCC1c2ccccc2-c2ccccc21. The Bertz CT molecular complexity index is 988. The standard InChI is InChI=1S/C27H34N2O5/c1-18(12-13-25(31)32)16-28-24(30)14-15-27(2,3)29-26(33)34-17-23-21-10-6-4-8-19(21)20-9-5-7-11-22(20)23/h4-11,18,23H,12-17H2,1-3H3,(H,28,30)(H,29,33)(H,31,32). The summed E-state index contributed by atoms with van der Waals surface area (Å²) in [5.41, 5.74) is 4.05. The molecule has 0 bridgehead atoms. The number of carboxylic acid groups (broad SMARTS) is 1. The first-order chi connectivity index (χ1) is 16.2. The Hall–Kier alpha value is -3.35. The van der Waals surface area contributed by atoms with Crippen LogP contribution in [0.3, 0.4) is 0 Å². The van der Waals surface area contributed by atoms with E-state index in [9.17, 15) is 14.4 Å². The average Bonchev–Trinajstić information content (AvgIpc) is 3.12. The molecule has 0 aliphatic heterocycles. The molecule has 0 heterocycles. The average molecular weight is 467 g/mol. The Labute approximate surface area is 200 Å². The third kappa shape index (κ3) is 6.83. The van der Waals surface area contributed by atoms with Gasteiger partial charge in [-0.25, -0.2) is 4.79 Å². The predicted octanol–water partition coefficient (Wildman–Crippen LogP) is 4.70. The molecule has 0 saturated heterocycles. The summed E-state index contributed by atoms with van der Waals surface area (Å²) >= 11 is 0. The highest BCUT2D eigenvalue weighted by Gasteiger charge is 2.30. The number of carboxylic acids is 1. The monoisotopic (exact) mass is 466 g/mol. The van der Waals surface area contributed by atoms with Gasteiger partial charge >= 0.3 is 12.1 Å². The predicted molar refractivity (Wildman–Crippen MR) is 131 cm³/mol. The third-order valence-electron chi connectivity index (χ3n) is 6.26. The molecule has 1 atom stereocenters. The Kier molecular flexibility index (Phi) is 8.31. The molecule has 1 aliphatic rings. The van der Waals surface area contributed by atoms with Crippen LogP contribution in [-0.4, -0.2) is 41.8 Å². The number of alkyl carbamates (subject to hydrolysis) is 1. The Morgan fingerprint density at radius 1 is 1.00 bits per heavy atom. The van der Waals surface area contributed by atoms with E-state index in [2.05, 4.69) is 34.9 Å². The van der Waals surface area contributed by atoms with Gasteiger partial charge in [0.05, 0.1) is 0 Å². The van der Waals surface area contributed by atoms with E-state index in [1.165, 1.54) is 11.1 Å². The summed E-state index contributed by atoms with van der Waals surface area (Å²) in [4.78, 5) is 35.4. The van der Waals surface area contributed by atoms with Gasteiger partial charge in [0.1, 0.15) is 6.61 Å². The number of fused-ring (bicyclic) bond motifs is 3. The number of hydrogen-bond acceptors (Lipinski definition) is 4. The van der Waals surface area contributed by atoms with Crippen LogP contribution in [0.5, 0.6) is 0 Å². The lowest BCUT2D eigenvalue weighted by Crippen LogP contribution is -2.44. The highest BCUT2D eigenvalue weighted by molar-refractivity contribution is 5.79. The van der Waals surface area contributed by atoms with E-state index >= 15 is 0 Å². The van der Waals surface area contributed by atoms with Crippen LogP contribution in [0.15, 0.2) is 48.5 Å². The molecule has 0 saturated carbocycles.